The number of nitrogens with zero attached hydrogens (tertiary/aromatic N) is 3. The Morgan fingerprint density at radius 1 is 1.58 bits per heavy atom. The molecule has 1 aromatic heterocycles. The summed E-state index contributed by atoms with van der Waals surface area (Å²) >= 11 is 0. The second-order valence-corrected chi connectivity index (χ2v) is 3.43. The SMILES string of the molecule is CC1(O)CN(c2cccnn2)C1. The van der Waals surface area contributed by atoms with E-state index in [1.165, 1.54) is 0 Å². The molecule has 0 aromatic carbocycles. The second kappa shape index (κ2) is 2.42. The van der Waals surface area contributed by atoms with E-state index in [-0.39, 0.29) is 0 Å². The molecule has 4 nitrogen and oxygen atoms in total. The highest BCUT2D eigenvalue weighted by molar-refractivity contribution is 5.41. The van der Waals surface area contributed by atoms with Gasteiger partial charge in [0.25, 0.3) is 0 Å². The van der Waals surface area contributed by atoms with E-state index in [1.54, 1.807) is 6.20 Å². The van der Waals surface area contributed by atoms with Gasteiger partial charge in [0.2, 0.25) is 0 Å². The molecule has 0 saturated carbocycles. The smallest absolute Gasteiger partial charge is 0.151 e. The zero-order chi connectivity index (χ0) is 8.60. The maximum absolute atomic E-state index is 9.46. The van der Waals surface area contributed by atoms with Crippen LogP contribution < -0.4 is 4.90 Å². The first-order valence-corrected chi connectivity index (χ1v) is 3.92. The van der Waals surface area contributed by atoms with E-state index >= 15 is 0 Å². The number of anilines is 1. The van der Waals surface area contributed by atoms with Crippen LogP contribution in [0.15, 0.2) is 18.3 Å². The monoisotopic (exact) mass is 165 g/mol. The van der Waals surface area contributed by atoms with Crippen molar-refractivity contribution in [2.75, 3.05) is 18.0 Å². The van der Waals surface area contributed by atoms with Crippen molar-refractivity contribution < 1.29 is 5.11 Å². The van der Waals surface area contributed by atoms with Crippen LogP contribution in [-0.4, -0.2) is 34.0 Å². The van der Waals surface area contributed by atoms with Crippen LogP contribution in [0, 0.1) is 0 Å². The van der Waals surface area contributed by atoms with Crippen LogP contribution in [0.4, 0.5) is 5.82 Å². The fraction of sp³-hybridized carbons (Fsp3) is 0.500. The molecule has 0 aliphatic carbocycles. The molecule has 1 aromatic rings. The summed E-state index contributed by atoms with van der Waals surface area (Å²) in [5.74, 6) is 0.837. The van der Waals surface area contributed by atoms with E-state index in [2.05, 4.69) is 10.2 Å². The molecule has 0 unspecified atom stereocenters. The standard InChI is InChI=1S/C8H11N3O/c1-8(12)5-11(6-8)7-3-2-4-9-10-7/h2-4,12H,5-6H2,1H3. The minimum absolute atomic E-state index is 0.544. The Hall–Kier alpha value is -1.16. The number of hydrogen-bond acceptors (Lipinski definition) is 4. The summed E-state index contributed by atoms with van der Waals surface area (Å²) < 4.78 is 0. The van der Waals surface area contributed by atoms with Gasteiger partial charge in [-0.25, -0.2) is 0 Å². The molecule has 64 valence electrons. The molecular formula is C8H11N3O. The average molecular weight is 165 g/mol. The number of rotatable bonds is 1. The molecule has 4 heteroatoms. The van der Waals surface area contributed by atoms with Crippen LogP contribution in [0.25, 0.3) is 0 Å². The molecule has 1 saturated heterocycles. The molecule has 2 heterocycles. The van der Waals surface area contributed by atoms with Crippen LogP contribution >= 0.6 is 0 Å². The van der Waals surface area contributed by atoms with Crippen molar-refractivity contribution in [1.82, 2.24) is 10.2 Å². The summed E-state index contributed by atoms with van der Waals surface area (Å²) in [6, 6.07) is 3.73. The third kappa shape index (κ3) is 1.25. The summed E-state index contributed by atoms with van der Waals surface area (Å²) in [5, 5.41) is 17.1. The lowest BCUT2D eigenvalue weighted by Gasteiger charge is -2.44. The molecule has 0 radical (unpaired) electrons. The molecule has 0 bridgehead atoms. The lowest BCUT2D eigenvalue weighted by Crippen LogP contribution is -2.60. The van der Waals surface area contributed by atoms with Gasteiger partial charge in [0.1, 0.15) is 0 Å². The van der Waals surface area contributed by atoms with Gasteiger partial charge in [-0.3, -0.25) is 0 Å². The van der Waals surface area contributed by atoms with E-state index in [1.807, 2.05) is 24.0 Å². The van der Waals surface area contributed by atoms with Gasteiger partial charge in [0, 0.05) is 19.3 Å². The third-order valence-electron chi connectivity index (χ3n) is 1.95. The van der Waals surface area contributed by atoms with Crippen molar-refractivity contribution in [3.05, 3.63) is 18.3 Å². The Morgan fingerprint density at radius 2 is 2.33 bits per heavy atom. The van der Waals surface area contributed by atoms with Crippen molar-refractivity contribution in [3.63, 3.8) is 0 Å². The first-order chi connectivity index (χ1) is 5.67. The molecular weight excluding hydrogens is 154 g/mol. The van der Waals surface area contributed by atoms with Gasteiger partial charge < -0.3 is 10.0 Å². The minimum Gasteiger partial charge on any atom is -0.386 e. The van der Waals surface area contributed by atoms with Crippen LogP contribution in [0.3, 0.4) is 0 Å². The van der Waals surface area contributed by atoms with E-state index in [0.29, 0.717) is 13.1 Å². The summed E-state index contributed by atoms with van der Waals surface area (Å²) in [7, 11) is 0. The first-order valence-electron chi connectivity index (χ1n) is 3.92. The molecule has 12 heavy (non-hydrogen) atoms. The first kappa shape index (κ1) is 7.49. The highest BCUT2D eigenvalue weighted by Gasteiger charge is 2.37. The average Bonchev–Trinajstić information content (AvgIpc) is 2.02. The van der Waals surface area contributed by atoms with E-state index in [9.17, 15) is 5.11 Å². The molecule has 1 N–H and O–H groups in total. The number of hydrogen-bond donors (Lipinski definition) is 1. The minimum atomic E-state index is -0.544. The summed E-state index contributed by atoms with van der Waals surface area (Å²) in [6.45, 7) is 3.11. The quantitative estimate of drug-likeness (QED) is 0.638. The van der Waals surface area contributed by atoms with E-state index in [4.69, 9.17) is 0 Å². The highest BCUT2D eigenvalue weighted by atomic mass is 16.3. The number of β-amino-alcohol motifs (C(OH)–C–C–N with tert-alkyl or cyclic N) is 1. The van der Waals surface area contributed by atoms with Crippen molar-refractivity contribution in [1.29, 1.82) is 0 Å². The van der Waals surface area contributed by atoms with Crippen molar-refractivity contribution >= 4 is 5.82 Å². The van der Waals surface area contributed by atoms with Gasteiger partial charge in [-0.05, 0) is 19.1 Å². The molecule has 2 rings (SSSR count). The third-order valence-corrected chi connectivity index (χ3v) is 1.95. The lowest BCUT2D eigenvalue weighted by atomic mass is 9.97. The van der Waals surface area contributed by atoms with Crippen molar-refractivity contribution in [2.24, 2.45) is 0 Å². The van der Waals surface area contributed by atoms with Gasteiger partial charge in [-0.2, -0.15) is 5.10 Å². The molecule has 1 fully saturated rings. The molecule has 0 amide bonds. The Morgan fingerprint density at radius 3 is 2.83 bits per heavy atom. The normalized spacial score (nSPS) is 20.3. The maximum atomic E-state index is 9.46. The predicted molar refractivity (Wildman–Crippen MR) is 44.9 cm³/mol. The Balaban J connectivity index is 2.06. The Kier molecular flexibility index (Phi) is 1.51. The molecule has 1 aliphatic heterocycles. The van der Waals surface area contributed by atoms with Crippen molar-refractivity contribution in [3.8, 4) is 0 Å². The summed E-state index contributed by atoms with van der Waals surface area (Å²) in [5.41, 5.74) is -0.544. The Bertz CT molecular complexity index is 265. The predicted octanol–water partition coefficient (Wildman–Crippen LogP) is 0.0476. The Labute approximate surface area is 70.8 Å². The summed E-state index contributed by atoms with van der Waals surface area (Å²) in [4.78, 5) is 1.99. The number of aromatic nitrogens is 2. The maximum Gasteiger partial charge on any atom is 0.151 e. The van der Waals surface area contributed by atoms with Gasteiger partial charge in [0.05, 0.1) is 5.60 Å². The van der Waals surface area contributed by atoms with Gasteiger partial charge in [-0.15, -0.1) is 5.10 Å². The van der Waals surface area contributed by atoms with Crippen LogP contribution in [0.1, 0.15) is 6.92 Å². The van der Waals surface area contributed by atoms with Gasteiger partial charge in [-0.1, -0.05) is 0 Å². The van der Waals surface area contributed by atoms with Crippen LogP contribution in [0.5, 0.6) is 0 Å². The van der Waals surface area contributed by atoms with Crippen LogP contribution in [-0.2, 0) is 0 Å². The van der Waals surface area contributed by atoms with Gasteiger partial charge >= 0.3 is 0 Å². The molecule has 0 atom stereocenters. The van der Waals surface area contributed by atoms with Crippen molar-refractivity contribution in [2.45, 2.75) is 12.5 Å². The molecule has 0 spiro atoms. The van der Waals surface area contributed by atoms with E-state index < -0.39 is 5.60 Å². The van der Waals surface area contributed by atoms with E-state index in [0.717, 1.165) is 5.82 Å². The van der Waals surface area contributed by atoms with Gasteiger partial charge in [0.15, 0.2) is 5.82 Å². The second-order valence-electron chi connectivity index (χ2n) is 3.43. The largest absolute Gasteiger partial charge is 0.386 e. The fourth-order valence-electron chi connectivity index (χ4n) is 1.40. The highest BCUT2D eigenvalue weighted by Crippen LogP contribution is 2.24. The lowest BCUT2D eigenvalue weighted by molar-refractivity contribution is 0.0304. The molecule has 1 aliphatic rings. The summed E-state index contributed by atoms with van der Waals surface area (Å²) in [6.07, 6.45) is 1.64. The fourth-order valence-corrected chi connectivity index (χ4v) is 1.40. The topological polar surface area (TPSA) is 49.2 Å². The zero-order valence-electron chi connectivity index (χ0n) is 6.94. The number of aliphatic hydroxyl groups is 1. The zero-order valence-corrected chi connectivity index (χ0v) is 6.94. The van der Waals surface area contributed by atoms with Crippen LogP contribution in [0.2, 0.25) is 0 Å².